The molecule has 1 saturated heterocycles. The molecule has 0 aromatic heterocycles. The minimum absolute atomic E-state index is 0.135. The van der Waals surface area contributed by atoms with Crippen molar-refractivity contribution >= 4 is 5.97 Å². The molecule has 4 heteroatoms. The number of hydrogen-bond acceptors (Lipinski definition) is 4. The summed E-state index contributed by atoms with van der Waals surface area (Å²) in [5.41, 5.74) is 0. The lowest BCUT2D eigenvalue weighted by Crippen LogP contribution is -2.52. The van der Waals surface area contributed by atoms with Crippen molar-refractivity contribution in [2.24, 2.45) is 0 Å². The van der Waals surface area contributed by atoms with Gasteiger partial charge in [0.1, 0.15) is 0 Å². The lowest BCUT2D eigenvalue weighted by Gasteiger charge is -2.38. The van der Waals surface area contributed by atoms with Gasteiger partial charge in [-0.1, -0.05) is 6.92 Å². The number of rotatable bonds is 3. The summed E-state index contributed by atoms with van der Waals surface area (Å²) in [5, 5.41) is 0. The van der Waals surface area contributed by atoms with Crippen LogP contribution < -0.4 is 0 Å². The fourth-order valence-electron chi connectivity index (χ4n) is 1.84. The van der Waals surface area contributed by atoms with E-state index in [0.29, 0.717) is 12.6 Å². The summed E-state index contributed by atoms with van der Waals surface area (Å²) in [6.45, 7) is 5.59. The molecule has 1 heterocycles. The van der Waals surface area contributed by atoms with Gasteiger partial charge in [-0.2, -0.15) is 0 Å². The van der Waals surface area contributed by atoms with Gasteiger partial charge < -0.3 is 9.64 Å². The number of methoxy groups -OCH3 is 1. The number of carbonyl (C=O) groups is 1. The number of nitrogens with zero attached hydrogens (tertiary/aromatic N) is 2. The summed E-state index contributed by atoms with van der Waals surface area (Å²) in [7, 11) is 3.58. The zero-order valence-corrected chi connectivity index (χ0v) is 9.32. The molecule has 0 saturated carbocycles. The van der Waals surface area contributed by atoms with Crippen molar-refractivity contribution < 1.29 is 9.53 Å². The average Bonchev–Trinajstić information content (AvgIpc) is 2.20. The van der Waals surface area contributed by atoms with Gasteiger partial charge >= 0.3 is 5.97 Å². The molecule has 0 aromatic rings. The minimum atomic E-state index is -0.135. The van der Waals surface area contributed by atoms with Crippen molar-refractivity contribution in [3.8, 4) is 0 Å². The van der Waals surface area contributed by atoms with Crippen LogP contribution in [0.3, 0.4) is 0 Å². The summed E-state index contributed by atoms with van der Waals surface area (Å²) in [6.07, 6.45) is 1.13. The molecule has 0 bridgehead atoms. The number of ether oxygens (including phenoxy) is 1. The second-order valence-corrected chi connectivity index (χ2v) is 3.85. The third-order valence-electron chi connectivity index (χ3n) is 2.91. The lowest BCUT2D eigenvalue weighted by molar-refractivity contribution is -0.142. The molecule has 4 nitrogen and oxygen atoms in total. The maximum Gasteiger partial charge on any atom is 0.319 e. The molecule has 0 N–H and O–H groups in total. The zero-order valence-electron chi connectivity index (χ0n) is 9.32. The third kappa shape index (κ3) is 2.96. The van der Waals surface area contributed by atoms with Crippen LogP contribution in [-0.2, 0) is 9.53 Å². The van der Waals surface area contributed by atoms with Gasteiger partial charge in [0.05, 0.1) is 13.7 Å². The first-order chi connectivity index (χ1) is 6.67. The molecule has 0 aromatic carbocycles. The average molecular weight is 200 g/mol. The van der Waals surface area contributed by atoms with Crippen molar-refractivity contribution in [1.29, 1.82) is 0 Å². The van der Waals surface area contributed by atoms with Gasteiger partial charge in [0.25, 0.3) is 0 Å². The van der Waals surface area contributed by atoms with Crippen LogP contribution in [0.5, 0.6) is 0 Å². The summed E-state index contributed by atoms with van der Waals surface area (Å²) in [5.74, 6) is -0.135. The molecule has 1 aliphatic rings. The Morgan fingerprint density at radius 2 is 2.21 bits per heavy atom. The smallest absolute Gasteiger partial charge is 0.319 e. The van der Waals surface area contributed by atoms with Gasteiger partial charge in [-0.05, 0) is 13.5 Å². The maximum atomic E-state index is 11.1. The Labute approximate surface area is 85.8 Å². The maximum absolute atomic E-state index is 11.1. The summed E-state index contributed by atoms with van der Waals surface area (Å²) in [4.78, 5) is 15.6. The Balaban J connectivity index is 2.38. The van der Waals surface area contributed by atoms with E-state index in [1.165, 1.54) is 7.11 Å². The van der Waals surface area contributed by atoms with E-state index < -0.39 is 0 Å². The fourth-order valence-corrected chi connectivity index (χ4v) is 1.84. The SMILES string of the molecule is CCC1CN(CC(=O)OC)CCN1C. The lowest BCUT2D eigenvalue weighted by atomic mass is 10.1. The van der Waals surface area contributed by atoms with Crippen LogP contribution in [0.15, 0.2) is 0 Å². The second kappa shape index (κ2) is 5.32. The predicted molar refractivity (Wildman–Crippen MR) is 55.2 cm³/mol. The molecular weight excluding hydrogens is 180 g/mol. The van der Waals surface area contributed by atoms with Crippen molar-refractivity contribution in [2.45, 2.75) is 19.4 Å². The monoisotopic (exact) mass is 200 g/mol. The van der Waals surface area contributed by atoms with Crippen LogP contribution in [0.2, 0.25) is 0 Å². The molecule has 1 aliphatic heterocycles. The van der Waals surface area contributed by atoms with E-state index in [-0.39, 0.29) is 5.97 Å². The Morgan fingerprint density at radius 1 is 1.50 bits per heavy atom. The van der Waals surface area contributed by atoms with Crippen LogP contribution in [0, 0.1) is 0 Å². The summed E-state index contributed by atoms with van der Waals surface area (Å²) in [6, 6.07) is 0.577. The highest BCUT2D eigenvalue weighted by molar-refractivity contribution is 5.71. The van der Waals surface area contributed by atoms with Crippen molar-refractivity contribution in [3.05, 3.63) is 0 Å². The normalized spacial score (nSPS) is 24.9. The Hall–Kier alpha value is -0.610. The first kappa shape index (κ1) is 11.5. The van der Waals surface area contributed by atoms with E-state index >= 15 is 0 Å². The second-order valence-electron chi connectivity index (χ2n) is 3.85. The molecule has 1 unspecified atom stereocenters. The first-order valence-electron chi connectivity index (χ1n) is 5.16. The van der Waals surface area contributed by atoms with Gasteiger partial charge in [0.2, 0.25) is 0 Å². The molecule has 82 valence electrons. The molecule has 0 spiro atoms. The van der Waals surface area contributed by atoms with Crippen molar-refractivity contribution in [2.75, 3.05) is 40.3 Å². The topological polar surface area (TPSA) is 32.8 Å². The largest absolute Gasteiger partial charge is 0.468 e. The first-order valence-corrected chi connectivity index (χ1v) is 5.16. The number of esters is 1. The molecule has 1 fully saturated rings. The van der Waals surface area contributed by atoms with E-state index in [1.54, 1.807) is 0 Å². The molecule has 1 atom stereocenters. The van der Waals surface area contributed by atoms with E-state index in [1.807, 2.05) is 0 Å². The highest BCUT2D eigenvalue weighted by Gasteiger charge is 2.23. The Kier molecular flexibility index (Phi) is 4.35. The molecule has 14 heavy (non-hydrogen) atoms. The summed E-state index contributed by atoms with van der Waals surface area (Å²) < 4.78 is 4.65. The van der Waals surface area contributed by atoms with Gasteiger partial charge in [0, 0.05) is 25.7 Å². The number of hydrogen-bond donors (Lipinski definition) is 0. The highest BCUT2D eigenvalue weighted by Crippen LogP contribution is 2.10. The standard InChI is InChI=1S/C10H20N2O2/c1-4-9-7-12(6-5-11(9)2)8-10(13)14-3/h9H,4-8H2,1-3H3. The Bertz CT molecular complexity index is 197. The van der Waals surface area contributed by atoms with Gasteiger partial charge in [-0.3, -0.25) is 9.69 Å². The summed E-state index contributed by atoms with van der Waals surface area (Å²) >= 11 is 0. The van der Waals surface area contributed by atoms with E-state index in [2.05, 4.69) is 28.5 Å². The van der Waals surface area contributed by atoms with Crippen molar-refractivity contribution in [1.82, 2.24) is 9.80 Å². The van der Waals surface area contributed by atoms with Crippen LogP contribution in [-0.4, -0.2) is 62.1 Å². The van der Waals surface area contributed by atoms with Gasteiger partial charge in [-0.15, -0.1) is 0 Å². The van der Waals surface area contributed by atoms with Crippen LogP contribution in [0.25, 0.3) is 0 Å². The molecule has 1 rings (SSSR count). The van der Waals surface area contributed by atoms with Gasteiger partial charge in [-0.25, -0.2) is 0 Å². The van der Waals surface area contributed by atoms with E-state index in [0.717, 1.165) is 26.1 Å². The molecule has 0 radical (unpaired) electrons. The van der Waals surface area contributed by atoms with Crippen LogP contribution in [0.1, 0.15) is 13.3 Å². The number of carbonyl (C=O) groups excluding carboxylic acids is 1. The van der Waals surface area contributed by atoms with Gasteiger partial charge in [0.15, 0.2) is 0 Å². The molecule has 0 amide bonds. The van der Waals surface area contributed by atoms with E-state index in [4.69, 9.17) is 0 Å². The highest BCUT2D eigenvalue weighted by atomic mass is 16.5. The quantitative estimate of drug-likeness (QED) is 0.609. The van der Waals surface area contributed by atoms with Crippen molar-refractivity contribution in [3.63, 3.8) is 0 Å². The van der Waals surface area contributed by atoms with E-state index in [9.17, 15) is 4.79 Å². The third-order valence-corrected chi connectivity index (χ3v) is 2.91. The zero-order chi connectivity index (χ0) is 10.6. The molecular formula is C10H20N2O2. The molecule has 0 aliphatic carbocycles. The minimum Gasteiger partial charge on any atom is -0.468 e. The number of piperazine rings is 1. The predicted octanol–water partition coefficient (Wildman–Crippen LogP) is 0.185. The number of likely N-dealkylation sites (N-methyl/N-ethyl adjacent to an activating group) is 1. The van der Waals surface area contributed by atoms with Crippen LogP contribution in [0.4, 0.5) is 0 Å². The van der Waals surface area contributed by atoms with Crippen LogP contribution >= 0.6 is 0 Å². The Morgan fingerprint density at radius 3 is 2.79 bits per heavy atom. The fraction of sp³-hybridized carbons (Fsp3) is 0.900.